The Morgan fingerprint density at radius 1 is 1.17 bits per heavy atom. The van der Waals surface area contributed by atoms with Crippen molar-refractivity contribution in [3.8, 4) is 0 Å². The predicted molar refractivity (Wildman–Crippen MR) is 92.9 cm³/mol. The van der Waals surface area contributed by atoms with E-state index in [1.165, 1.54) is 0 Å². The molecule has 1 aromatic carbocycles. The average molecular weight is 327 g/mol. The molecule has 1 heterocycles. The fourth-order valence-corrected chi connectivity index (χ4v) is 2.03. The van der Waals surface area contributed by atoms with Gasteiger partial charge in [-0.2, -0.15) is 5.10 Å². The molecule has 0 saturated carbocycles. The minimum absolute atomic E-state index is 0.0409. The van der Waals surface area contributed by atoms with Gasteiger partial charge in [-0.3, -0.25) is 9.59 Å². The van der Waals surface area contributed by atoms with Gasteiger partial charge in [-0.05, 0) is 49.2 Å². The van der Waals surface area contributed by atoms with Gasteiger partial charge in [0.25, 0.3) is 5.91 Å². The first-order chi connectivity index (χ1) is 11.5. The van der Waals surface area contributed by atoms with Gasteiger partial charge in [-0.25, -0.2) is 5.43 Å². The van der Waals surface area contributed by atoms with Crippen molar-refractivity contribution in [2.45, 2.75) is 27.2 Å². The molecule has 1 aromatic heterocycles. The van der Waals surface area contributed by atoms with E-state index in [1.54, 1.807) is 49.6 Å². The lowest BCUT2D eigenvalue weighted by Crippen LogP contribution is -2.19. The van der Waals surface area contributed by atoms with E-state index in [2.05, 4.69) is 15.8 Å². The molecule has 2 aromatic rings. The average Bonchev–Trinajstić information content (AvgIpc) is 3.06. The van der Waals surface area contributed by atoms with E-state index in [9.17, 15) is 9.59 Å². The zero-order chi connectivity index (χ0) is 17.5. The van der Waals surface area contributed by atoms with Crippen molar-refractivity contribution < 1.29 is 14.0 Å². The fourth-order valence-electron chi connectivity index (χ4n) is 2.03. The molecule has 0 unspecified atom stereocenters. The quantitative estimate of drug-likeness (QED) is 0.630. The van der Waals surface area contributed by atoms with Crippen LogP contribution in [0.1, 0.15) is 43.3 Å². The lowest BCUT2D eigenvalue weighted by molar-refractivity contribution is -0.116. The molecule has 2 rings (SSSR count). The van der Waals surface area contributed by atoms with Crippen LogP contribution in [0.25, 0.3) is 0 Å². The number of carbonyl (C=O) groups excluding carboxylic acids is 2. The Morgan fingerprint density at radius 2 is 1.88 bits per heavy atom. The van der Waals surface area contributed by atoms with E-state index in [1.807, 2.05) is 13.8 Å². The Labute approximate surface area is 140 Å². The number of carbonyl (C=O) groups is 2. The number of hydrogen-bond donors (Lipinski definition) is 2. The Hall–Kier alpha value is -2.89. The predicted octanol–water partition coefficient (Wildman–Crippen LogP) is 3.42. The van der Waals surface area contributed by atoms with Gasteiger partial charge in [0, 0.05) is 17.7 Å². The number of furan rings is 1. The second-order valence-electron chi connectivity index (χ2n) is 5.84. The SMILES string of the molecule is C/C(=N\NC(=O)c1ccc(NC(=O)CC(C)C)cc1)c1ccco1. The molecule has 0 radical (unpaired) electrons. The molecule has 24 heavy (non-hydrogen) atoms. The molecular weight excluding hydrogens is 306 g/mol. The van der Waals surface area contributed by atoms with Crippen molar-refractivity contribution in [2.24, 2.45) is 11.0 Å². The van der Waals surface area contributed by atoms with Gasteiger partial charge in [0.15, 0.2) is 0 Å². The summed E-state index contributed by atoms with van der Waals surface area (Å²) in [4.78, 5) is 23.8. The van der Waals surface area contributed by atoms with Crippen molar-refractivity contribution in [1.82, 2.24) is 5.43 Å². The molecule has 0 fully saturated rings. The molecule has 0 aliphatic rings. The van der Waals surface area contributed by atoms with Crippen LogP contribution < -0.4 is 10.7 Å². The maximum atomic E-state index is 12.1. The minimum Gasteiger partial charge on any atom is -0.463 e. The van der Waals surface area contributed by atoms with Crippen LogP contribution in [-0.2, 0) is 4.79 Å². The van der Waals surface area contributed by atoms with Crippen molar-refractivity contribution in [3.63, 3.8) is 0 Å². The summed E-state index contributed by atoms with van der Waals surface area (Å²) in [5.74, 6) is 0.519. The number of rotatable bonds is 6. The van der Waals surface area contributed by atoms with Gasteiger partial charge in [0.2, 0.25) is 5.91 Å². The fraction of sp³-hybridized carbons (Fsp3) is 0.278. The molecule has 2 N–H and O–H groups in total. The number of nitrogens with zero attached hydrogens (tertiary/aromatic N) is 1. The summed E-state index contributed by atoms with van der Waals surface area (Å²) < 4.78 is 5.19. The summed E-state index contributed by atoms with van der Waals surface area (Å²) in [6.45, 7) is 5.71. The first-order valence-corrected chi connectivity index (χ1v) is 7.74. The van der Waals surface area contributed by atoms with Gasteiger partial charge >= 0.3 is 0 Å². The smallest absolute Gasteiger partial charge is 0.271 e. The van der Waals surface area contributed by atoms with Crippen molar-refractivity contribution in [1.29, 1.82) is 0 Å². The van der Waals surface area contributed by atoms with Gasteiger partial charge in [-0.1, -0.05) is 13.8 Å². The minimum atomic E-state index is -0.332. The Morgan fingerprint density at radius 3 is 2.46 bits per heavy atom. The largest absolute Gasteiger partial charge is 0.463 e. The van der Waals surface area contributed by atoms with Crippen molar-refractivity contribution in [2.75, 3.05) is 5.32 Å². The second kappa shape index (κ2) is 8.10. The van der Waals surface area contributed by atoms with Crippen molar-refractivity contribution in [3.05, 3.63) is 54.0 Å². The zero-order valence-corrected chi connectivity index (χ0v) is 14.0. The van der Waals surface area contributed by atoms with Crippen LogP contribution in [0, 0.1) is 5.92 Å². The Kier molecular flexibility index (Phi) is 5.89. The van der Waals surface area contributed by atoms with Crippen LogP contribution in [-0.4, -0.2) is 17.5 Å². The molecule has 0 bridgehead atoms. The van der Waals surface area contributed by atoms with Crippen LogP contribution >= 0.6 is 0 Å². The molecule has 0 aliphatic carbocycles. The highest BCUT2D eigenvalue weighted by Gasteiger charge is 2.08. The summed E-state index contributed by atoms with van der Waals surface area (Å²) in [7, 11) is 0. The molecular formula is C18H21N3O3. The summed E-state index contributed by atoms with van der Waals surface area (Å²) in [6, 6.07) is 10.2. The molecule has 6 heteroatoms. The monoisotopic (exact) mass is 327 g/mol. The topological polar surface area (TPSA) is 83.7 Å². The third kappa shape index (κ3) is 5.08. The van der Waals surface area contributed by atoms with E-state index in [0.717, 1.165) is 0 Å². The highest BCUT2D eigenvalue weighted by Crippen LogP contribution is 2.11. The Bertz CT molecular complexity index is 716. The van der Waals surface area contributed by atoms with E-state index in [-0.39, 0.29) is 11.8 Å². The number of anilines is 1. The summed E-state index contributed by atoms with van der Waals surface area (Å²) >= 11 is 0. The van der Waals surface area contributed by atoms with Gasteiger partial charge in [-0.15, -0.1) is 0 Å². The highest BCUT2D eigenvalue weighted by molar-refractivity contribution is 5.99. The van der Waals surface area contributed by atoms with E-state index >= 15 is 0 Å². The number of amides is 2. The van der Waals surface area contributed by atoms with E-state index in [0.29, 0.717) is 35.1 Å². The molecule has 0 spiro atoms. The second-order valence-corrected chi connectivity index (χ2v) is 5.84. The third-order valence-corrected chi connectivity index (χ3v) is 3.23. The van der Waals surface area contributed by atoms with Crippen LogP contribution in [0.15, 0.2) is 52.2 Å². The molecule has 0 saturated heterocycles. The highest BCUT2D eigenvalue weighted by atomic mass is 16.3. The van der Waals surface area contributed by atoms with Crippen LogP contribution in [0.5, 0.6) is 0 Å². The molecule has 126 valence electrons. The van der Waals surface area contributed by atoms with Crippen LogP contribution in [0.4, 0.5) is 5.69 Å². The first-order valence-electron chi connectivity index (χ1n) is 7.74. The maximum Gasteiger partial charge on any atom is 0.271 e. The van der Waals surface area contributed by atoms with Crippen LogP contribution in [0.2, 0.25) is 0 Å². The van der Waals surface area contributed by atoms with E-state index in [4.69, 9.17) is 4.42 Å². The van der Waals surface area contributed by atoms with Gasteiger partial charge < -0.3 is 9.73 Å². The summed E-state index contributed by atoms with van der Waals surface area (Å²) in [5, 5.41) is 6.80. The summed E-state index contributed by atoms with van der Waals surface area (Å²) in [5.41, 5.74) is 4.16. The van der Waals surface area contributed by atoms with Gasteiger partial charge in [0.05, 0.1) is 6.26 Å². The number of nitrogens with one attached hydrogen (secondary N) is 2. The van der Waals surface area contributed by atoms with Crippen LogP contribution in [0.3, 0.4) is 0 Å². The lowest BCUT2D eigenvalue weighted by atomic mass is 10.1. The molecule has 0 aliphatic heterocycles. The summed E-state index contributed by atoms with van der Waals surface area (Å²) in [6.07, 6.45) is 2.01. The van der Waals surface area contributed by atoms with Gasteiger partial charge in [0.1, 0.15) is 11.5 Å². The number of hydrogen-bond acceptors (Lipinski definition) is 4. The van der Waals surface area contributed by atoms with E-state index < -0.39 is 0 Å². The Balaban J connectivity index is 1.94. The third-order valence-electron chi connectivity index (χ3n) is 3.23. The maximum absolute atomic E-state index is 12.1. The standard InChI is InChI=1S/C18H21N3O3/c1-12(2)11-17(22)19-15-8-6-14(7-9-15)18(23)21-20-13(3)16-5-4-10-24-16/h4-10,12H,11H2,1-3H3,(H,19,22)(H,21,23)/b20-13+. The first kappa shape index (κ1) is 17.5. The molecule has 2 amide bonds. The number of benzene rings is 1. The molecule has 0 atom stereocenters. The molecule has 6 nitrogen and oxygen atoms in total. The lowest BCUT2D eigenvalue weighted by Gasteiger charge is -2.08. The van der Waals surface area contributed by atoms with Crippen molar-refractivity contribution >= 4 is 23.2 Å². The number of hydrazone groups is 1. The normalized spacial score (nSPS) is 11.4. The zero-order valence-electron chi connectivity index (χ0n) is 14.0.